The fraction of sp³-hybridized carbons (Fsp3) is 0.615. The smallest absolute Gasteiger partial charge is 0.530 e. The third-order valence-electron chi connectivity index (χ3n) is 10.6. The number of hydrogen-bond donors (Lipinski definition) is 3. The molecule has 4 aliphatic carbocycles. The van der Waals surface area contributed by atoms with Crippen LogP contribution in [-0.4, -0.2) is 51.9 Å². The maximum Gasteiger partial charge on any atom is 0.569 e. The summed E-state index contributed by atoms with van der Waals surface area (Å²) in [6.45, 7) is 4.61. The van der Waals surface area contributed by atoms with E-state index in [0.29, 0.717) is 52.8 Å². The lowest BCUT2D eigenvalue weighted by Crippen LogP contribution is -2.51. The van der Waals surface area contributed by atoms with Crippen LogP contribution in [0.15, 0.2) is 21.9 Å². The van der Waals surface area contributed by atoms with E-state index >= 15 is 0 Å². The Morgan fingerprint density at radius 3 is 1.92 bits per heavy atom. The molecule has 38 heavy (non-hydrogen) atoms. The Kier molecular flexibility index (Phi) is 5.68. The van der Waals surface area contributed by atoms with Crippen LogP contribution in [0.3, 0.4) is 0 Å². The van der Waals surface area contributed by atoms with Gasteiger partial charge in [-0.25, -0.2) is 0 Å². The van der Waals surface area contributed by atoms with E-state index in [9.17, 15) is 19.6 Å². The minimum absolute atomic E-state index is 0.00741. The lowest BCUT2D eigenvalue weighted by atomic mass is 9.52. The van der Waals surface area contributed by atoms with Gasteiger partial charge in [-0.15, -0.1) is 46.2 Å². The van der Waals surface area contributed by atoms with Crippen molar-refractivity contribution in [2.45, 2.75) is 58.8 Å². The molecule has 4 saturated carbocycles. The lowest BCUT2D eigenvalue weighted by Gasteiger charge is -2.52. The Hall–Kier alpha value is -0.750. The van der Waals surface area contributed by atoms with E-state index in [-0.39, 0.29) is 46.0 Å². The van der Waals surface area contributed by atoms with E-state index in [2.05, 4.69) is 13.8 Å². The fourth-order valence-corrected chi connectivity index (χ4v) is 15.9. The zero-order chi connectivity index (χ0) is 26.2. The first-order valence-electron chi connectivity index (χ1n) is 13.4. The van der Waals surface area contributed by atoms with Gasteiger partial charge in [-0.2, -0.15) is 0 Å². The highest BCUT2D eigenvalue weighted by Crippen LogP contribution is 2.70. The zero-order valence-electron chi connectivity index (χ0n) is 20.9. The first kappa shape index (κ1) is 25.0. The third-order valence-corrected chi connectivity index (χ3v) is 16.1. The number of thioether (sulfide) groups is 2. The number of thiophene rings is 2. The Labute approximate surface area is 238 Å². The number of rotatable bonds is 3. The summed E-state index contributed by atoms with van der Waals surface area (Å²) in [5, 5.41) is 29.6. The maximum atomic E-state index is 14.2. The molecule has 4 fully saturated rings. The largest absolute Gasteiger partial charge is 0.569 e. The molecule has 6 aliphatic rings. The predicted octanol–water partition coefficient (Wildman–Crippen LogP) is 3.15. The molecule has 6 nitrogen and oxygen atoms in total. The SMILES string of the molecule is CC1CC2C(CC(C)C3C4Sc5cc(B(O)O)sc5C4C(=O)C23)C2C(=O)C3c4sc(O[B]O)cc4SC3C12. The summed E-state index contributed by atoms with van der Waals surface area (Å²) in [7, 11) is -0.800. The first-order chi connectivity index (χ1) is 18.3. The molecule has 0 bridgehead atoms. The van der Waals surface area contributed by atoms with Crippen LogP contribution < -0.4 is 9.43 Å². The summed E-state index contributed by atoms with van der Waals surface area (Å²) >= 11 is 6.47. The topological polar surface area (TPSA) is 104 Å². The molecule has 12 atom stereocenters. The van der Waals surface area contributed by atoms with Gasteiger partial charge in [-0.1, -0.05) is 13.8 Å². The number of hydrogen-bond acceptors (Lipinski definition) is 10. The molecule has 2 aromatic rings. The summed E-state index contributed by atoms with van der Waals surface area (Å²) < 4.78 is 5.74. The molecule has 2 aliphatic heterocycles. The van der Waals surface area contributed by atoms with Crippen LogP contribution in [-0.2, 0) is 9.59 Å². The number of carbonyl (C=O) groups excluding carboxylic acids is 2. The molecule has 1 radical (unpaired) electrons. The minimum atomic E-state index is -1.50. The standard InChI is InChI=1S/C26H27B2O6S4/c1-7-3-10-9(17-15(7)25-19(21(17)29)23-11(35-25)5-13(37-23)28(32)33)4-8(2)16-18(10)22(30)20-24-12(36-26(16)20)6-14(38-24)34-27-31/h5-10,15-20,25-26,31-33H,3-4H2,1-2H3. The average Bonchev–Trinajstić information content (AvgIpc) is 3.65. The Morgan fingerprint density at radius 1 is 0.868 bits per heavy atom. The first-order valence-corrected chi connectivity index (χ1v) is 16.8. The molecular formula is C26H27B2O6S4. The van der Waals surface area contributed by atoms with Crippen LogP contribution in [0.25, 0.3) is 0 Å². The molecule has 197 valence electrons. The van der Waals surface area contributed by atoms with Crippen LogP contribution in [0, 0.1) is 47.3 Å². The Bertz CT molecular complexity index is 1360. The Balaban J connectivity index is 1.13. The fourth-order valence-electron chi connectivity index (χ4n) is 9.44. The maximum absolute atomic E-state index is 14.2. The quantitative estimate of drug-likeness (QED) is 0.473. The molecule has 0 saturated heterocycles. The highest BCUT2D eigenvalue weighted by Gasteiger charge is 2.68. The number of Topliss-reactive ketones (excluding diaryl/α,β-unsaturated/α-hetero) is 2. The summed E-state index contributed by atoms with van der Waals surface area (Å²) in [6, 6.07) is 3.82. The second-order valence-corrected chi connectivity index (χ2v) is 16.8. The van der Waals surface area contributed by atoms with Gasteiger partial charge in [0.2, 0.25) is 0 Å². The van der Waals surface area contributed by atoms with Crippen molar-refractivity contribution >= 4 is 77.3 Å². The molecule has 12 heteroatoms. The van der Waals surface area contributed by atoms with E-state index in [1.807, 2.05) is 23.9 Å². The van der Waals surface area contributed by atoms with Crippen molar-refractivity contribution in [2.24, 2.45) is 47.3 Å². The highest BCUT2D eigenvalue weighted by molar-refractivity contribution is 8.00. The van der Waals surface area contributed by atoms with Crippen molar-refractivity contribution in [3.63, 3.8) is 0 Å². The van der Waals surface area contributed by atoms with Crippen LogP contribution in [0.2, 0.25) is 0 Å². The summed E-state index contributed by atoms with van der Waals surface area (Å²) in [4.78, 5) is 32.7. The van der Waals surface area contributed by atoms with Crippen LogP contribution in [0.1, 0.15) is 48.3 Å². The van der Waals surface area contributed by atoms with Gasteiger partial charge < -0.3 is 19.7 Å². The molecule has 4 heterocycles. The number of carbonyl (C=O) groups is 2. The van der Waals surface area contributed by atoms with E-state index in [4.69, 9.17) is 9.68 Å². The van der Waals surface area contributed by atoms with Gasteiger partial charge in [-0.05, 0) is 54.4 Å². The summed E-state index contributed by atoms with van der Waals surface area (Å²) in [5.41, 5.74) is 0. The molecule has 3 N–H and O–H groups in total. The zero-order valence-corrected chi connectivity index (χ0v) is 24.1. The second kappa shape index (κ2) is 8.63. The van der Waals surface area contributed by atoms with Gasteiger partial charge in [0.1, 0.15) is 11.6 Å². The van der Waals surface area contributed by atoms with E-state index in [1.54, 1.807) is 11.8 Å². The summed E-state index contributed by atoms with van der Waals surface area (Å²) in [5.74, 6) is 2.34. The molecular weight excluding hydrogens is 558 g/mol. The molecule has 2 aromatic heterocycles. The highest BCUT2D eigenvalue weighted by atomic mass is 32.2. The van der Waals surface area contributed by atoms with Crippen molar-refractivity contribution < 1.29 is 29.3 Å². The second-order valence-electron chi connectivity index (χ2n) is 12.2. The minimum Gasteiger partial charge on any atom is -0.530 e. The molecule has 12 unspecified atom stereocenters. The molecule has 8 rings (SSSR count). The van der Waals surface area contributed by atoms with Gasteiger partial charge >= 0.3 is 14.8 Å². The normalized spacial score (nSPS) is 43.6. The molecule has 0 amide bonds. The van der Waals surface area contributed by atoms with Crippen molar-refractivity contribution in [1.29, 1.82) is 0 Å². The monoisotopic (exact) mass is 585 g/mol. The van der Waals surface area contributed by atoms with E-state index < -0.39 is 7.12 Å². The predicted molar refractivity (Wildman–Crippen MR) is 150 cm³/mol. The van der Waals surface area contributed by atoms with Gasteiger partial charge in [0.25, 0.3) is 0 Å². The lowest BCUT2D eigenvalue weighted by molar-refractivity contribution is -0.137. The third kappa shape index (κ3) is 3.17. The van der Waals surface area contributed by atoms with Gasteiger partial charge in [0, 0.05) is 52.7 Å². The van der Waals surface area contributed by atoms with E-state index in [1.165, 1.54) is 22.7 Å². The van der Waals surface area contributed by atoms with Crippen molar-refractivity contribution in [1.82, 2.24) is 0 Å². The number of fused-ring (bicyclic) bond motifs is 13. The number of ketones is 2. The summed E-state index contributed by atoms with van der Waals surface area (Å²) in [6.07, 6.45) is 2.01. The van der Waals surface area contributed by atoms with Crippen LogP contribution in [0.4, 0.5) is 0 Å². The van der Waals surface area contributed by atoms with Gasteiger partial charge in [-0.3, -0.25) is 9.59 Å². The van der Waals surface area contributed by atoms with Crippen molar-refractivity contribution in [3.8, 4) is 5.06 Å². The van der Waals surface area contributed by atoms with Crippen LogP contribution >= 0.6 is 46.2 Å². The van der Waals surface area contributed by atoms with Gasteiger partial charge in [0.15, 0.2) is 5.06 Å². The Morgan fingerprint density at radius 2 is 1.39 bits per heavy atom. The average molecular weight is 585 g/mol. The molecule has 0 aromatic carbocycles. The van der Waals surface area contributed by atoms with Crippen molar-refractivity contribution in [2.75, 3.05) is 0 Å². The van der Waals surface area contributed by atoms with Gasteiger partial charge in [0.05, 0.1) is 11.8 Å². The van der Waals surface area contributed by atoms with Crippen molar-refractivity contribution in [3.05, 3.63) is 21.9 Å². The molecule has 0 spiro atoms. The van der Waals surface area contributed by atoms with E-state index in [0.717, 1.165) is 32.4 Å². The van der Waals surface area contributed by atoms with Crippen LogP contribution in [0.5, 0.6) is 5.06 Å².